The lowest BCUT2D eigenvalue weighted by atomic mass is 10.1. The lowest BCUT2D eigenvalue weighted by Crippen LogP contribution is -1.90. The predicted molar refractivity (Wildman–Crippen MR) is 86.0 cm³/mol. The van der Waals surface area contributed by atoms with E-state index in [-0.39, 0.29) is 0 Å². The van der Waals surface area contributed by atoms with Crippen LogP contribution in [0.4, 0.5) is 0 Å². The Morgan fingerprint density at radius 2 is 1.05 bits per heavy atom. The molecule has 22 heavy (non-hydrogen) atoms. The van der Waals surface area contributed by atoms with E-state index in [0.717, 1.165) is 28.2 Å². The minimum absolute atomic E-state index is 0.694. The molecular formula is C18H16N2O2. The van der Waals surface area contributed by atoms with Crippen molar-refractivity contribution < 1.29 is 9.47 Å². The minimum atomic E-state index is 0.694. The monoisotopic (exact) mass is 292 g/mol. The first-order chi connectivity index (χ1) is 10.8. The third-order valence-corrected chi connectivity index (χ3v) is 3.42. The van der Waals surface area contributed by atoms with Gasteiger partial charge in [-0.1, -0.05) is 12.1 Å². The molecule has 4 heteroatoms. The van der Waals surface area contributed by atoms with E-state index in [1.807, 2.05) is 60.9 Å². The summed E-state index contributed by atoms with van der Waals surface area (Å²) in [7, 11) is 3.30. The van der Waals surface area contributed by atoms with Gasteiger partial charge in [0.2, 0.25) is 0 Å². The summed E-state index contributed by atoms with van der Waals surface area (Å²) < 4.78 is 10.3. The summed E-state index contributed by atoms with van der Waals surface area (Å²) in [5, 5.41) is 0. The zero-order valence-electron chi connectivity index (χ0n) is 12.5. The standard InChI is InChI=1S/C18H16N2O2/c1-21-16-7-3-13(4-8-16)15-11-19-18(20-12-15)14-5-9-17(22-2)10-6-14/h3-12H,1-2H3. The Kier molecular flexibility index (Phi) is 4.01. The molecule has 0 N–H and O–H groups in total. The van der Waals surface area contributed by atoms with Crippen molar-refractivity contribution in [1.29, 1.82) is 0 Å². The van der Waals surface area contributed by atoms with Gasteiger partial charge in [-0.15, -0.1) is 0 Å². The molecule has 0 radical (unpaired) electrons. The average molecular weight is 292 g/mol. The molecule has 0 aliphatic heterocycles. The van der Waals surface area contributed by atoms with Crippen molar-refractivity contribution in [3.63, 3.8) is 0 Å². The molecule has 0 spiro atoms. The van der Waals surface area contributed by atoms with Crippen LogP contribution in [0.15, 0.2) is 60.9 Å². The van der Waals surface area contributed by atoms with Gasteiger partial charge in [0.25, 0.3) is 0 Å². The summed E-state index contributed by atoms with van der Waals surface area (Å²) in [5.74, 6) is 2.35. The normalized spacial score (nSPS) is 10.3. The van der Waals surface area contributed by atoms with E-state index in [1.54, 1.807) is 14.2 Å². The molecule has 0 saturated carbocycles. The van der Waals surface area contributed by atoms with Crippen molar-refractivity contribution in [2.45, 2.75) is 0 Å². The van der Waals surface area contributed by atoms with Crippen LogP contribution in [0.1, 0.15) is 0 Å². The van der Waals surface area contributed by atoms with Crippen molar-refractivity contribution in [2.75, 3.05) is 14.2 Å². The number of ether oxygens (including phenoxy) is 2. The molecule has 0 aliphatic rings. The molecule has 0 saturated heterocycles. The number of methoxy groups -OCH3 is 2. The Balaban J connectivity index is 1.84. The first-order valence-electron chi connectivity index (χ1n) is 6.91. The Morgan fingerprint density at radius 1 is 0.591 bits per heavy atom. The van der Waals surface area contributed by atoms with Crippen LogP contribution in [0, 0.1) is 0 Å². The molecular weight excluding hydrogens is 276 g/mol. The van der Waals surface area contributed by atoms with Gasteiger partial charge in [-0.05, 0) is 42.0 Å². The van der Waals surface area contributed by atoms with Crippen LogP contribution in [0.3, 0.4) is 0 Å². The first-order valence-corrected chi connectivity index (χ1v) is 6.91. The van der Waals surface area contributed by atoms with Crippen LogP contribution in [-0.2, 0) is 0 Å². The molecule has 0 aliphatic carbocycles. The van der Waals surface area contributed by atoms with Gasteiger partial charge in [-0.25, -0.2) is 9.97 Å². The summed E-state index contributed by atoms with van der Waals surface area (Å²) >= 11 is 0. The van der Waals surface area contributed by atoms with E-state index in [1.165, 1.54) is 0 Å². The molecule has 1 aromatic heterocycles. The predicted octanol–water partition coefficient (Wildman–Crippen LogP) is 3.83. The van der Waals surface area contributed by atoms with Crippen LogP contribution in [0.2, 0.25) is 0 Å². The Hall–Kier alpha value is -2.88. The molecule has 1 heterocycles. The molecule has 2 aromatic carbocycles. The van der Waals surface area contributed by atoms with Gasteiger partial charge in [0.1, 0.15) is 11.5 Å². The third kappa shape index (κ3) is 2.91. The minimum Gasteiger partial charge on any atom is -0.497 e. The number of hydrogen-bond acceptors (Lipinski definition) is 4. The fourth-order valence-corrected chi connectivity index (χ4v) is 2.15. The fourth-order valence-electron chi connectivity index (χ4n) is 2.15. The second-order valence-corrected chi connectivity index (χ2v) is 4.75. The van der Waals surface area contributed by atoms with E-state index in [0.29, 0.717) is 5.82 Å². The fraction of sp³-hybridized carbons (Fsp3) is 0.111. The number of aromatic nitrogens is 2. The second-order valence-electron chi connectivity index (χ2n) is 4.75. The first kappa shape index (κ1) is 14.1. The summed E-state index contributed by atoms with van der Waals surface area (Å²) in [4.78, 5) is 8.88. The largest absolute Gasteiger partial charge is 0.497 e. The molecule has 0 amide bonds. The van der Waals surface area contributed by atoms with Crippen LogP contribution < -0.4 is 9.47 Å². The van der Waals surface area contributed by atoms with E-state index in [4.69, 9.17) is 9.47 Å². The molecule has 0 fully saturated rings. The van der Waals surface area contributed by atoms with Crippen LogP contribution in [0.25, 0.3) is 22.5 Å². The van der Waals surface area contributed by atoms with Crippen LogP contribution in [0.5, 0.6) is 11.5 Å². The molecule has 0 unspecified atom stereocenters. The summed E-state index contributed by atoms with van der Waals surface area (Å²) in [6.07, 6.45) is 3.66. The lowest BCUT2D eigenvalue weighted by Gasteiger charge is -2.05. The highest BCUT2D eigenvalue weighted by molar-refractivity contribution is 5.64. The molecule has 3 aromatic rings. The zero-order chi connectivity index (χ0) is 15.4. The molecule has 0 bridgehead atoms. The summed E-state index contributed by atoms with van der Waals surface area (Å²) in [5.41, 5.74) is 2.99. The highest BCUT2D eigenvalue weighted by Crippen LogP contribution is 2.23. The number of hydrogen-bond donors (Lipinski definition) is 0. The number of nitrogens with zero attached hydrogens (tertiary/aromatic N) is 2. The maximum atomic E-state index is 5.16. The highest BCUT2D eigenvalue weighted by atomic mass is 16.5. The van der Waals surface area contributed by atoms with E-state index in [2.05, 4.69) is 9.97 Å². The highest BCUT2D eigenvalue weighted by Gasteiger charge is 2.04. The maximum Gasteiger partial charge on any atom is 0.159 e. The Labute approximate surface area is 129 Å². The summed E-state index contributed by atoms with van der Waals surface area (Å²) in [6, 6.07) is 15.5. The van der Waals surface area contributed by atoms with Crippen molar-refractivity contribution in [3.05, 3.63) is 60.9 Å². The smallest absolute Gasteiger partial charge is 0.159 e. The maximum absolute atomic E-state index is 5.16. The molecule has 110 valence electrons. The quantitative estimate of drug-likeness (QED) is 0.733. The number of rotatable bonds is 4. The molecule has 0 atom stereocenters. The van der Waals surface area contributed by atoms with Crippen molar-refractivity contribution in [2.24, 2.45) is 0 Å². The molecule has 4 nitrogen and oxygen atoms in total. The van der Waals surface area contributed by atoms with Gasteiger partial charge in [0.05, 0.1) is 14.2 Å². The second kappa shape index (κ2) is 6.26. The lowest BCUT2D eigenvalue weighted by molar-refractivity contribution is 0.414. The van der Waals surface area contributed by atoms with Gasteiger partial charge in [-0.2, -0.15) is 0 Å². The van der Waals surface area contributed by atoms with Gasteiger partial charge in [0.15, 0.2) is 5.82 Å². The SMILES string of the molecule is COc1ccc(-c2cnc(-c3ccc(OC)cc3)nc2)cc1. The van der Waals surface area contributed by atoms with Crippen molar-refractivity contribution in [3.8, 4) is 34.0 Å². The van der Waals surface area contributed by atoms with E-state index < -0.39 is 0 Å². The van der Waals surface area contributed by atoms with Crippen LogP contribution in [-0.4, -0.2) is 24.2 Å². The van der Waals surface area contributed by atoms with Gasteiger partial charge in [-0.3, -0.25) is 0 Å². The number of benzene rings is 2. The van der Waals surface area contributed by atoms with Gasteiger partial charge < -0.3 is 9.47 Å². The zero-order valence-corrected chi connectivity index (χ0v) is 12.5. The van der Waals surface area contributed by atoms with Crippen molar-refractivity contribution >= 4 is 0 Å². The van der Waals surface area contributed by atoms with E-state index in [9.17, 15) is 0 Å². The van der Waals surface area contributed by atoms with Gasteiger partial charge in [0, 0.05) is 23.5 Å². The molecule has 3 rings (SSSR count). The van der Waals surface area contributed by atoms with E-state index >= 15 is 0 Å². The van der Waals surface area contributed by atoms with Crippen LogP contribution >= 0.6 is 0 Å². The van der Waals surface area contributed by atoms with Crippen molar-refractivity contribution in [1.82, 2.24) is 9.97 Å². The Morgan fingerprint density at radius 3 is 1.50 bits per heavy atom. The average Bonchev–Trinajstić information content (AvgIpc) is 2.62. The summed E-state index contributed by atoms with van der Waals surface area (Å²) in [6.45, 7) is 0. The Bertz CT molecular complexity index is 669. The van der Waals surface area contributed by atoms with Gasteiger partial charge >= 0.3 is 0 Å². The topological polar surface area (TPSA) is 44.2 Å². The third-order valence-electron chi connectivity index (χ3n) is 3.42.